The third-order valence-corrected chi connectivity index (χ3v) is 5.80. The Labute approximate surface area is 167 Å². The average Bonchev–Trinajstić information content (AvgIpc) is 3.29. The summed E-state index contributed by atoms with van der Waals surface area (Å²) >= 11 is 1.57. The molecule has 0 saturated heterocycles. The molecule has 0 atom stereocenters. The molecule has 3 aromatic rings. The van der Waals surface area contributed by atoms with Crippen LogP contribution in [0.4, 0.5) is 11.4 Å². The number of imidazole rings is 1. The van der Waals surface area contributed by atoms with Crippen LogP contribution in [-0.2, 0) is 18.3 Å². The van der Waals surface area contributed by atoms with Crippen LogP contribution in [0.2, 0.25) is 0 Å². The van der Waals surface area contributed by atoms with Gasteiger partial charge >= 0.3 is 0 Å². The summed E-state index contributed by atoms with van der Waals surface area (Å²) in [6.45, 7) is 2.23. The van der Waals surface area contributed by atoms with Crippen molar-refractivity contribution in [1.82, 2.24) is 9.55 Å². The number of anilines is 2. The lowest BCUT2D eigenvalue weighted by molar-refractivity contribution is -0.116. The summed E-state index contributed by atoms with van der Waals surface area (Å²) in [5, 5.41) is 3.84. The number of nitrogens with zero attached hydrogens (tertiary/aromatic N) is 3. The van der Waals surface area contributed by atoms with Crippen molar-refractivity contribution in [3.63, 3.8) is 0 Å². The number of amides is 2. The number of hydrogen-bond acceptors (Lipinski definition) is 4. The minimum atomic E-state index is -0.159. The number of aromatic nitrogens is 2. The van der Waals surface area contributed by atoms with E-state index in [-0.39, 0.29) is 11.8 Å². The van der Waals surface area contributed by atoms with Crippen LogP contribution in [-0.4, -0.2) is 27.9 Å². The number of carbonyl (C=O) groups is 2. The fourth-order valence-corrected chi connectivity index (χ4v) is 4.04. The summed E-state index contributed by atoms with van der Waals surface area (Å²) < 4.78 is 1.96. The van der Waals surface area contributed by atoms with Gasteiger partial charge in [-0.2, -0.15) is 0 Å². The standard InChI is InChI=1S/C21H20N4O2S/c1-14(26)25-11-9-15-13-16(3-8-19(15)25)20(27)23-17-4-6-18(7-5-17)28-21-22-10-12-24(21)2/h3-8,10,12-13H,9,11H2,1-2H3,(H,23,27). The fraction of sp³-hybridized carbons (Fsp3) is 0.190. The quantitative estimate of drug-likeness (QED) is 0.735. The Morgan fingerprint density at radius 2 is 1.93 bits per heavy atom. The van der Waals surface area contributed by atoms with Crippen molar-refractivity contribution >= 4 is 35.0 Å². The Bertz CT molecular complexity index is 1040. The van der Waals surface area contributed by atoms with Crippen molar-refractivity contribution in [1.29, 1.82) is 0 Å². The monoisotopic (exact) mass is 392 g/mol. The zero-order valence-electron chi connectivity index (χ0n) is 15.7. The van der Waals surface area contributed by atoms with Crippen molar-refractivity contribution in [3.8, 4) is 0 Å². The number of fused-ring (bicyclic) bond motifs is 1. The lowest BCUT2D eigenvalue weighted by Crippen LogP contribution is -2.25. The number of nitrogens with one attached hydrogen (secondary N) is 1. The number of hydrogen-bond donors (Lipinski definition) is 1. The van der Waals surface area contributed by atoms with Gasteiger partial charge in [0.1, 0.15) is 0 Å². The Balaban J connectivity index is 1.44. The van der Waals surface area contributed by atoms with Crippen molar-refractivity contribution in [2.75, 3.05) is 16.8 Å². The molecule has 28 heavy (non-hydrogen) atoms. The van der Waals surface area contributed by atoms with E-state index in [1.54, 1.807) is 35.8 Å². The SMILES string of the molecule is CC(=O)N1CCc2cc(C(=O)Nc3ccc(Sc4nccn4C)cc3)ccc21. The zero-order chi connectivity index (χ0) is 19.7. The van der Waals surface area contributed by atoms with E-state index in [2.05, 4.69) is 10.3 Å². The van der Waals surface area contributed by atoms with Crippen molar-refractivity contribution in [2.45, 2.75) is 23.4 Å². The van der Waals surface area contributed by atoms with Crippen LogP contribution < -0.4 is 10.2 Å². The van der Waals surface area contributed by atoms with Gasteiger partial charge in [-0.3, -0.25) is 9.59 Å². The smallest absolute Gasteiger partial charge is 0.255 e. The fourth-order valence-electron chi connectivity index (χ4n) is 3.24. The molecule has 142 valence electrons. The van der Waals surface area contributed by atoms with E-state index < -0.39 is 0 Å². The van der Waals surface area contributed by atoms with Crippen LogP contribution in [0, 0.1) is 0 Å². The molecule has 0 bridgehead atoms. The number of carbonyl (C=O) groups excluding carboxylic acids is 2. The van der Waals surface area contributed by atoms with Crippen molar-refractivity contribution in [2.24, 2.45) is 7.05 Å². The van der Waals surface area contributed by atoms with Gasteiger partial charge < -0.3 is 14.8 Å². The first kappa shape index (κ1) is 18.3. The lowest BCUT2D eigenvalue weighted by Gasteiger charge is -2.14. The predicted molar refractivity (Wildman–Crippen MR) is 110 cm³/mol. The molecule has 0 aliphatic carbocycles. The Hall–Kier alpha value is -3.06. The highest BCUT2D eigenvalue weighted by atomic mass is 32.2. The normalized spacial score (nSPS) is 12.7. The molecule has 1 aliphatic rings. The summed E-state index contributed by atoms with van der Waals surface area (Å²) in [5.41, 5.74) is 3.26. The average molecular weight is 392 g/mol. The Morgan fingerprint density at radius 1 is 1.14 bits per heavy atom. The Kier molecular flexibility index (Phi) is 4.92. The van der Waals surface area contributed by atoms with Gasteiger partial charge in [0, 0.05) is 54.7 Å². The van der Waals surface area contributed by atoms with Crippen LogP contribution in [0.3, 0.4) is 0 Å². The maximum absolute atomic E-state index is 12.6. The van der Waals surface area contributed by atoms with Crippen LogP contribution in [0.15, 0.2) is 64.9 Å². The van der Waals surface area contributed by atoms with E-state index >= 15 is 0 Å². The molecule has 2 heterocycles. The predicted octanol–water partition coefficient (Wildman–Crippen LogP) is 3.73. The number of rotatable bonds is 4. The van der Waals surface area contributed by atoms with Crippen LogP contribution in [0.25, 0.3) is 0 Å². The van der Waals surface area contributed by atoms with Gasteiger partial charge in [0.05, 0.1) is 0 Å². The third kappa shape index (κ3) is 3.66. The highest BCUT2D eigenvalue weighted by molar-refractivity contribution is 7.99. The summed E-state index contributed by atoms with van der Waals surface area (Å²) in [6, 6.07) is 13.2. The lowest BCUT2D eigenvalue weighted by atomic mass is 10.1. The molecular weight excluding hydrogens is 372 g/mol. The van der Waals surface area contributed by atoms with Crippen molar-refractivity contribution < 1.29 is 9.59 Å². The number of benzene rings is 2. The highest BCUT2D eigenvalue weighted by Crippen LogP contribution is 2.30. The molecule has 0 radical (unpaired) electrons. The van der Waals surface area contributed by atoms with Crippen LogP contribution in [0.1, 0.15) is 22.8 Å². The second-order valence-corrected chi connectivity index (χ2v) is 7.71. The van der Waals surface area contributed by atoms with Gasteiger partial charge in [0.25, 0.3) is 5.91 Å². The molecule has 0 unspecified atom stereocenters. The van der Waals surface area contributed by atoms with Gasteiger partial charge in [-0.25, -0.2) is 4.98 Å². The molecule has 6 nitrogen and oxygen atoms in total. The van der Waals surface area contributed by atoms with E-state index in [4.69, 9.17) is 0 Å². The van der Waals surface area contributed by atoms with Gasteiger partial charge in [0.2, 0.25) is 5.91 Å². The van der Waals surface area contributed by atoms with E-state index in [1.165, 1.54) is 0 Å². The molecule has 0 saturated carbocycles. The Morgan fingerprint density at radius 3 is 2.61 bits per heavy atom. The molecule has 1 aliphatic heterocycles. The molecule has 7 heteroatoms. The highest BCUT2D eigenvalue weighted by Gasteiger charge is 2.23. The van der Waals surface area contributed by atoms with E-state index in [0.29, 0.717) is 12.1 Å². The van der Waals surface area contributed by atoms with Crippen molar-refractivity contribution in [3.05, 3.63) is 66.0 Å². The first-order chi connectivity index (χ1) is 13.5. The van der Waals surface area contributed by atoms with E-state index in [0.717, 1.165) is 33.4 Å². The molecule has 0 fully saturated rings. The van der Waals surface area contributed by atoms with Crippen LogP contribution in [0.5, 0.6) is 0 Å². The van der Waals surface area contributed by atoms with E-state index in [9.17, 15) is 9.59 Å². The topological polar surface area (TPSA) is 67.2 Å². The molecule has 2 aromatic carbocycles. The molecule has 4 rings (SSSR count). The summed E-state index contributed by atoms with van der Waals surface area (Å²) in [4.78, 5) is 31.4. The largest absolute Gasteiger partial charge is 0.329 e. The second kappa shape index (κ2) is 7.52. The molecular formula is C21H20N4O2S. The second-order valence-electron chi connectivity index (χ2n) is 6.67. The molecule has 1 N–H and O–H groups in total. The van der Waals surface area contributed by atoms with Gasteiger partial charge in [0.15, 0.2) is 5.16 Å². The zero-order valence-corrected chi connectivity index (χ0v) is 16.5. The maximum atomic E-state index is 12.6. The van der Waals surface area contributed by atoms with Crippen LogP contribution >= 0.6 is 11.8 Å². The molecule has 1 aromatic heterocycles. The molecule has 0 spiro atoms. The summed E-state index contributed by atoms with van der Waals surface area (Å²) in [6.07, 6.45) is 4.45. The van der Waals surface area contributed by atoms with E-state index in [1.807, 2.05) is 54.2 Å². The van der Waals surface area contributed by atoms with Gasteiger partial charge in [-0.15, -0.1) is 0 Å². The third-order valence-electron chi connectivity index (χ3n) is 4.72. The van der Waals surface area contributed by atoms with Gasteiger partial charge in [-0.05, 0) is 54.4 Å². The minimum Gasteiger partial charge on any atom is -0.329 e. The van der Waals surface area contributed by atoms with Gasteiger partial charge in [-0.1, -0.05) is 11.8 Å². The maximum Gasteiger partial charge on any atom is 0.255 e. The summed E-state index contributed by atoms with van der Waals surface area (Å²) in [5.74, 6) is -0.131. The summed E-state index contributed by atoms with van der Waals surface area (Å²) in [7, 11) is 1.95. The first-order valence-electron chi connectivity index (χ1n) is 8.99. The first-order valence-corrected chi connectivity index (χ1v) is 9.80. The number of aryl methyl sites for hydroxylation is 1. The molecule has 2 amide bonds. The minimum absolute atomic E-state index is 0.0273.